The smallest absolute Gasteiger partial charge is 0.410 e. The number of Topliss-reactive ketones (excluding diaryl/α,β-unsaturated/α-hetero) is 1. The van der Waals surface area contributed by atoms with Gasteiger partial charge in [0.25, 0.3) is 0 Å². The van der Waals surface area contributed by atoms with Crippen LogP contribution in [0.4, 0.5) is 4.79 Å². The zero-order valence-corrected chi connectivity index (χ0v) is 24.7. The minimum Gasteiger partial charge on any atom is -0.482 e. The van der Waals surface area contributed by atoms with Gasteiger partial charge >= 0.3 is 12.1 Å². The number of rotatable bonds is 12. The summed E-state index contributed by atoms with van der Waals surface area (Å²) in [6, 6.07) is 6.20. The molecule has 11 nitrogen and oxygen atoms in total. The van der Waals surface area contributed by atoms with E-state index in [0.29, 0.717) is 37.2 Å². The number of hydrogen-bond donors (Lipinski definition) is 1. The lowest BCUT2D eigenvalue weighted by atomic mass is 9.91. The van der Waals surface area contributed by atoms with Crippen molar-refractivity contribution in [2.24, 2.45) is 11.7 Å². The van der Waals surface area contributed by atoms with Crippen molar-refractivity contribution in [2.45, 2.75) is 84.7 Å². The molecule has 1 heterocycles. The van der Waals surface area contributed by atoms with E-state index in [1.807, 2.05) is 20.8 Å². The fraction of sp³-hybridized carbons (Fsp3) is 0.655. The zero-order chi connectivity index (χ0) is 30.1. The van der Waals surface area contributed by atoms with Gasteiger partial charge < -0.3 is 34.3 Å². The second kappa shape index (κ2) is 14.5. The first-order chi connectivity index (χ1) is 18.6. The number of piperidine rings is 1. The highest BCUT2D eigenvalue weighted by Gasteiger charge is 2.38. The summed E-state index contributed by atoms with van der Waals surface area (Å²) >= 11 is 0. The molecule has 11 heteroatoms. The number of carbonyl (C=O) groups is 4. The van der Waals surface area contributed by atoms with Crippen LogP contribution in [0.25, 0.3) is 0 Å². The van der Waals surface area contributed by atoms with Gasteiger partial charge in [-0.2, -0.15) is 0 Å². The van der Waals surface area contributed by atoms with Crippen LogP contribution in [0.1, 0.15) is 71.7 Å². The Morgan fingerprint density at radius 3 is 2.08 bits per heavy atom. The Labute approximate surface area is 236 Å². The molecule has 2 rings (SSSR count). The molecule has 1 aromatic carbocycles. The number of carbonyl (C=O) groups excluding carboxylic acids is 4. The van der Waals surface area contributed by atoms with Crippen LogP contribution in [0.2, 0.25) is 0 Å². The van der Waals surface area contributed by atoms with Gasteiger partial charge in [-0.25, -0.2) is 9.59 Å². The lowest BCUT2D eigenvalue weighted by Crippen LogP contribution is -2.49. The van der Waals surface area contributed by atoms with Crippen LogP contribution in [-0.2, 0) is 28.5 Å². The first kappa shape index (κ1) is 33.0. The number of likely N-dealkylation sites (tertiary alicyclic amines) is 1. The third-order valence-corrected chi connectivity index (χ3v) is 5.91. The standard InChI is InChI=1S/C29H44N2O9/c1-8-36-23(32)18-37-20-11-9-19(10-12-20)24(33)22(17-38-28(2,3)4)25(26(30)34)39-21-13-15-31(16-14-21)27(35)40-29(5,6)7/h9-12,21-22,25H,8,13-18H2,1-7H3,(H2,30,34)/t22?,25-/m0/s1. The second-order valence-corrected chi connectivity index (χ2v) is 11.6. The van der Waals surface area contributed by atoms with Crippen molar-refractivity contribution in [3.63, 3.8) is 0 Å². The molecule has 0 aliphatic carbocycles. The molecule has 1 aromatic rings. The van der Waals surface area contributed by atoms with Crippen LogP contribution >= 0.6 is 0 Å². The van der Waals surface area contributed by atoms with Gasteiger partial charge in [0.2, 0.25) is 5.91 Å². The Hall–Kier alpha value is -3.18. The van der Waals surface area contributed by atoms with Crippen LogP contribution in [0.15, 0.2) is 24.3 Å². The van der Waals surface area contributed by atoms with Gasteiger partial charge in [0.15, 0.2) is 12.4 Å². The number of nitrogens with zero attached hydrogens (tertiary/aromatic N) is 1. The number of primary amides is 1. The van der Waals surface area contributed by atoms with Crippen molar-refractivity contribution in [1.82, 2.24) is 4.90 Å². The first-order valence-electron chi connectivity index (χ1n) is 13.6. The summed E-state index contributed by atoms with van der Waals surface area (Å²) in [4.78, 5) is 51.8. The molecule has 1 aliphatic rings. The van der Waals surface area contributed by atoms with E-state index >= 15 is 0 Å². The highest BCUT2D eigenvalue weighted by molar-refractivity contribution is 6.01. The molecule has 1 fully saturated rings. The molecule has 40 heavy (non-hydrogen) atoms. The second-order valence-electron chi connectivity index (χ2n) is 11.6. The van der Waals surface area contributed by atoms with Gasteiger partial charge in [-0.15, -0.1) is 0 Å². The van der Waals surface area contributed by atoms with Crippen molar-refractivity contribution < 1.29 is 42.9 Å². The number of benzene rings is 1. The third-order valence-electron chi connectivity index (χ3n) is 5.91. The number of hydrogen-bond acceptors (Lipinski definition) is 9. The Morgan fingerprint density at radius 1 is 0.975 bits per heavy atom. The summed E-state index contributed by atoms with van der Waals surface area (Å²) in [5, 5.41) is 0. The van der Waals surface area contributed by atoms with E-state index < -0.39 is 41.2 Å². The van der Waals surface area contributed by atoms with Crippen LogP contribution < -0.4 is 10.5 Å². The Kier molecular flexibility index (Phi) is 11.9. The molecule has 2 N–H and O–H groups in total. The van der Waals surface area contributed by atoms with E-state index in [4.69, 9.17) is 29.4 Å². The molecule has 1 saturated heterocycles. The molecule has 0 bridgehead atoms. The summed E-state index contributed by atoms with van der Waals surface area (Å²) in [5.74, 6) is -2.28. The average molecular weight is 565 g/mol. The molecular weight excluding hydrogens is 520 g/mol. The largest absolute Gasteiger partial charge is 0.482 e. The Morgan fingerprint density at radius 2 is 1.57 bits per heavy atom. The lowest BCUT2D eigenvalue weighted by Gasteiger charge is -2.36. The predicted molar refractivity (Wildman–Crippen MR) is 147 cm³/mol. The summed E-state index contributed by atoms with van der Waals surface area (Å²) in [6.07, 6.45) is -1.13. The third kappa shape index (κ3) is 11.1. The van der Waals surface area contributed by atoms with E-state index in [1.54, 1.807) is 56.9 Å². The molecular formula is C29H44N2O9. The lowest BCUT2D eigenvalue weighted by molar-refractivity contribution is -0.145. The van der Waals surface area contributed by atoms with Crippen LogP contribution in [0.3, 0.4) is 0 Å². The SMILES string of the molecule is CCOC(=O)COc1ccc(C(=O)C(COC(C)(C)C)[C@H](OC2CCN(C(=O)OC(C)(C)C)CC2)C(N)=O)cc1. The van der Waals surface area contributed by atoms with Gasteiger partial charge in [0.05, 0.1) is 30.8 Å². The summed E-state index contributed by atoms with van der Waals surface area (Å²) in [7, 11) is 0. The maximum Gasteiger partial charge on any atom is 0.410 e. The minimum absolute atomic E-state index is 0.0895. The molecule has 0 saturated carbocycles. The molecule has 2 amide bonds. The number of ether oxygens (including phenoxy) is 5. The normalized spacial score (nSPS) is 16.1. The van der Waals surface area contributed by atoms with Crippen LogP contribution in [0.5, 0.6) is 5.75 Å². The van der Waals surface area contributed by atoms with Crippen molar-refractivity contribution >= 4 is 23.8 Å². The number of amides is 2. The Bertz CT molecular complexity index is 1000. The number of ketones is 1. The van der Waals surface area contributed by atoms with Crippen LogP contribution in [0, 0.1) is 5.92 Å². The predicted octanol–water partition coefficient (Wildman–Crippen LogP) is 3.51. The van der Waals surface area contributed by atoms with Crippen molar-refractivity contribution in [2.75, 3.05) is 32.9 Å². The van der Waals surface area contributed by atoms with Crippen LogP contribution in [-0.4, -0.2) is 85.0 Å². The van der Waals surface area contributed by atoms with E-state index in [2.05, 4.69) is 0 Å². The molecule has 1 unspecified atom stereocenters. The summed E-state index contributed by atoms with van der Waals surface area (Å²) in [6.45, 7) is 13.3. The van der Waals surface area contributed by atoms with E-state index in [9.17, 15) is 19.2 Å². The molecule has 0 aromatic heterocycles. The topological polar surface area (TPSA) is 144 Å². The summed E-state index contributed by atoms with van der Waals surface area (Å²) in [5.41, 5.74) is 4.87. The molecule has 0 spiro atoms. The number of esters is 1. The zero-order valence-electron chi connectivity index (χ0n) is 24.7. The molecule has 224 valence electrons. The summed E-state index contributed by atoms with van der Waals surface area (Å²) < 4.78 is 27.7. The van der Waals surface area contributed by atoms with E-state index in [1.165, 1.54) is 0 Å². The van der Waals surface area contributed by atoms with Crippen molar-refractivity contribution in [3.05, 3.63) is 29.8 Å². The molecule has 0 radical (unpaired) electrons. The van der Waals surface area contributed by atoms with Gasteiger partial charge in [0.1, 0.15) is 17.5 Å². The van der Waals surface area contributed by atoms with Gasteiger partial charge in [0, 0.05) is 18.7 Å². The maximum absolute atomic E-state index is 13.6. The molecule has 1 aliphatic heterocycles. The van der Waals surface area contributed by atoms with Gasteiger partial charge in [-0.05, 0) is 85.6 Å². The van der Waals surface area contributed by atoms with Crippen molar-refractivity contribution in [1.29, 1.82) is 0 Å². The van der Waals surface area contributed by atoms with Gasteiger partial charge in [-0.1, -0.05) is 0 Å². The number of nitrogens with two attached hydrogens (primary N) is 1. The van der Waals surface area contributed by atoms with E-state index in [-0.39, 0.29) is 31.7 Å². The monoisotopic (exact) mass is 564 g/mol. The van der Waals surface area contributed by atoms with Gasteiger partial charge in [-0.3, -0.25) is 9.59 Å². The first-order valence-corrected chi connectivity index (χ1v) is 13.6. The average Bonchev–Trinajstić information content (AvgIpc) is 2.86. The molecule has 2 atom stereocenters. The maximum atomic E-state index is 13.6. The Balaban J connectivity index is 2.14. The fourth-order valence-electron chi connectivity index (χ4n) is 3.98. The minimum atomic E-state index is -1.24. The quantitative estimate of drug-likeness (QED) is 0.298. The fourth-order valence-corrected chi connectivity index (χ4v) is 3.98. The highest BCUT2D eigenvalue weighted by atomic mass is 16.6. The highest BCUT2D eigenvalue weighted by Crippen LogP contribution is 2.25. The van der Waals surface area contributed by atoms with Crippen molar-refractivity contribution in [3.8, 4) is 5.75 Å². The van der Waals surface area contributed by atoms with E-state index in [0.717, 1.165) is 0 Å².